The minimum absolute atomic E-state index is 0.197. The molecule has 0 bridgehead atoms. The smallest absolute Gasteiger partial charge is 0.321 e. The second-order valence-electron chi connectivity index (χ2n) is 4.47. The molecular formula is C15H12O5. The largest absolute Gasteiger partial charge is 0.454 e. The fraction of sp³-hybridized carbons (Fsp3) is 0.400. The van der Waals surface area contributed by atoms with Crippen molar-refractivity contribution in [1.82, 2.24) is 0 Å². The van der Waals surface area contributed by atoms with Crippen molar-refractivity contribution >= 4 is 5.97 Å². The van der Waals surface area contributed by atoms with E-state index in [0.29, 0.717) is 5.76 Å². The number of rotatable bonds is 1. The number of allylic oxidation sites excluding steroid dienone is 1. The number of hydrogen-bond acceptors (Lipinski definition) is 5. The van der Waals surface area contributed by atoms with Gasteiger partial charge in [0.05, 0.1) is 6.26 Å². The van der Waals surface area contributed by atoms with E-state index >= 15 is 0 Å². The molecule has 1 spiro atoms. The predicted octanol–water partition coefficient (Wildman–Crippen LogP) is 0.866. The van der Waals surface area contributed by atoms with Crippen LogP contribution in [0.2, 0.25) is 0 Å². The number of carbonyl (C=O) groups excluding carboxylic acids is 1. The summed E-state index contributed by atoms with van der Waals surface area (Å²) in [6, 6.07) is 0. The number of fused-ring (bicyclic) bond motifs is 2. The molecule has 102 valence electrons. The minimum Gasteiger partial charge on any atom is -0.454 e. The maximum Gasteiger partial charge on any atom is 0.321 e. The van der Waals surface area contributed by atoms with Gasteiger partial charge in [0.2, 0.25) is 6.10 Å². The van der Waals surface area contributed by atoms with Crippen LogP contribution in [0.25, 0.3) is 0 Å². The first-order valence-electron chi connectivity index (χ1n) is 6.16. The van der Waals surface area contributed by atoms with Gasteiger partial charge in [-0.1, -0.05) is 11.8 Å². The molecule has 0 aromatic rings. The van der Waals surface area contributed by atoms with Crippen LogP contribution in [0, 0.1) is 23.7 Å². The van der Waals surface area contributed by atoms with Gasteiger partial charge in [-0.25, -0.2) is 0 Å². The Kier molecular flexibility index (Phi) is 2.93. The number of ether oxygens (including phenoxy) is 4. The van der Waals surface area contributed by atoms with Crippen molar-refractivity contribution in [3.8, 4) is 23.7 Å². The van der Waals surface area contributed by atoms with Crippen LogP contribution < -0.4 is 0 Å². The maximum atomic E-state index is 11.1. The number of esters is 1. The molecule has 3 rings (SSSR count). The highest BCUT2D eigenvalue weighted by Gasteiger charge is 2.72. The van der Waals surface area contributed by atoms with Gasteiger partial charge in [-0.3, -0.25) is 4.79 Å². The van der Waals surface area contributed by atoms with Crippen LogP contribution in [0.15, 0.2) is 24.2 Å². The third-order valence-electron chi connectivity index (χ3n) is 3.12. The van der Waals surface area contributed by atoms with E-state index in [-0.39, 0.29) is 12.2 Å². The topological polar surface area (TPSA) is 57.3 Å². The average molecular weight is 272 g/mol. The molecular weight excluding hydrogens is 260 g/mol. The summed E-state index contributed by atoms with van der Waals surface area (Å²) in [7, 11) is 0. The second kappa shape index (κ2) is 4.63. The molecule has 5 heteroatoms. The SMILES string of the molecule is CC#CC#CC=C1O[C@@]2(OC=C[C@@H]2OC(C)=O)[C@H]2O[C@@H]12. The molecule has 20 heavy (non-hydrogen) atoms. The summed E-state index contributed by atoms with van der Waals surface area (Å²) >= 11 is 0. The van der Waals surface area contributed by atoms with Gasteiger partial charge >= 0.3 is 11.8 Å². The molecule has 0 radical (unpaired) electrons. The lowest BCUT2D eigenvalue weighted by atomic mass is 10.1. The van der Waals surface area contributed by atoms with Crippen molar-refractivity contribution in [1.29, 1.82) is 0 Å². The molecule has 0 unspecified atom stereocenters. The van der Waals surface area contributed by atoms with Gasteiger partial charge in [0.15, 0.2) is 12.2 Å². The summed E-state index contributed by atoms with van der Waals surface area (Å²) in [4.78, 5) is 11.1. The van der Waals surface area contributed by atoms with Crippen LogP contribution in [-0.4, -0.2) is 30.1 Å². The van der Waals surface area contributed by atoms with Crippen molar-refractivity contribution in [2.24, 2.45) is 0 Å². The molecule has 0 aromatic heterocycles. The van der Waals surface area contributed by atoms with Gasteiger partial charge in [0.25, 0.3) is 0 Å². The number of hydrogen-bond donors (Lipinski definition) is 0. The molecule has 2 saturated heterocycles. The zero-order valence-corrected chi connectivity index (χ0v) is 11.0. The zero-order valence-electron chi connectivity index (χ0n) is 11.0. The van der Waals surface area contributed by atoms with E-state index in [1.54, 1.807) is 19.1 Å². The number of carbonyl (C=O) groups is 1. The molecule has 0 amide bonds. The molecule has 0 aliphatic carbocycles. The Hall–Kier alpha value is -2.37. The highest BCUT2D eigenvalue weighted by Crippen LogP contribution is 2.53. The maximum absolute atomic E-state index is 11.1. The quantitative estimate of drug-likeness (QED) is 0.403. The van der Waals surface area contributed by atoms with Gasteiger partial charge in [0, 0.05) is 13.0 Å². The molecule has 2 fully saturated rings. The Balaban J connectivity index is 1.79. The molecule has 5 nitrogen and oxygen atoms in total. The Morgan fingerprint density at radius 3 is 3.10 bits per heavy atom. The Bertz CT molecular complexity index is 624. The van der Waals surface area contributed by atoms with Gasteiger partial charge < -0.3 is 18.9 Å². The number of epoxide rings is 1. The summed E-state index contributed by atoms with van der Waals surface area (Å²) in [6.45, 7) is 3.05. The lowest BCUT2D eigenvalue weighted by molar-refractivity contribution is -0.227. The summed E-state index contributed by atoms with van der Waals surface area (Å²) in [6.07, 6.45) is 3.60. The van der Waals surface area contributed by atoms with Crippen molar-refractivity contribution < 1.29 is 23.7 Å². The second-order valence-corrected chi connectivity index (χ2v) is 4.47. The highest BCUT2D eigenvalue weighted by atomic mass is 16.8. The van der Waals surface area contributed by atoms with Gasteiger partial charge in [-0.15, -0.1) is 0 Å². The first kappa shape index (κ1) is 12.7. The molecule has 0 N–H and O–H groups in total. The first-order chi connectivity index (χ1) is 9.67. The van der Waals surface area contributed by atoms with Crippen molar-refractivity contribution in [2.45, 2.75) is 37.9 Å². The predicted molar refractivity (Wildman–Crippen MR) is 67.6 cm³/mol. The highest BCUT2D eigenvalue weighted by molar-refractivity contribution is 5.66. The van der Waals surface area contributed by atoms with Gasteiger partial charge in [-0.05, 0) is 24.8 Å². The van der Waals surface area contributed by atoms with Gasteiger partial charge in [-0.2, -0.15) is 0 Å². The third-order valence-corrected chi connectivity index (χ3v) is 3.12. The van der Waals surface area contributed by atoms with Crippen molar-refractivity contribution in [3.63, 3.8) is 0 Å². The molecule has 0 saturated carbocycles. The van der Waals surface area contributed by atoms with E-state index in [1.165, 1.54) is 13.2 Å². The standard InChI is InChI=1S/C15H12O5/c1-3-4-5-6-7-11-13-14(19-13)15(20-11)12(8-9-17-15)18-10(2)16/h7-9,12-14H,1-2H3/t12-,13-,14-,15+/m0/s1. The van der Waals surface area contributed by atoms with Crippen LogP contribution in [0.5, 0.6) is 0 Å². The Labute approximate surface area is 116 Å². The van der Waals surface area contributed by atoms with E-state index in [2.05, 4.69) is 23.7 Å². The molecule has 3 aliphatic heterocycles. The van der Waals surface area contributed by atoms with Crippen molar-refractivity contribution in [3.05, 3.63) is 24.2 Å². The molecule has 3 heterocycles. The molecule has 0 aromatic carbocycles. The van der Waals surface area contributed by atoms with Crippen molar-refractivity contribution in [2.75, 3.05) is 0 Å². The summed E-state index contributed by atoms with van der Waals surface area (Å²) in [5.74, 6) is 9.80. The van der Waals surface area contributed by atoms with Gasteiger partial charge in [0.1, 0.15) is 5.76 Å². The van der Waals surface area contributed by atoms with Crippen LogP contribution >= 0.6 is 0 Å². The van der Waals surface area contributed by atoms with E-state index in [0.717, 1.165) is 0 Å². The molecule has 4 atom stereocenters. The Morgan fingerprint density at radius 2 is 2.35 bits per heavy atom. The average Bonchev–Trinajstić information content (AvgIpc) is 3.05. The summed E-state index contributed by atoms with van der Waals surface area (Å²) < 4.78 is 22.0. The van der Waals surface area contributed by atoms with E-state index in [1.807, 2.05) is 0 Å². The summed E-state index contributed by atoms with van der Waals surface area (Å²) in [5, 5.41) is 0. The zero-order chi connectivity index (χ0) is 14.2. The minimum atomic E-state index is -1.11. The molecule has 3 aliphatic rings. The first-order valence-corrected chi connectivity index (χ1v) is 6.16. The normalized spacial score (nSPS) is 37.1. The fourth-order valence-corrected chi connectivity index (χ4v) is 2.28. The fourth-order valence-electron chi connectivity index (χ4n) is 2.28. The lowest BCUT2D eigenvalue weighted by Crippen LogP contribution is -2.46. The van der Waals surface area contributed by atoms with E-state index in [4.69, 9.17) is 18.9 Å². The third kappa shape index (κ3) is 1.93. The summed E-state index contributed by atoms with van der Waals surface area (Å²) in [5.41, 5.74) is 0. The Morgan fingerprint density at radius 1 is 1.50 bits per heavy atom. The van der Waals surface area contributed by atoms with E-state index < -0.39 is 17.9 Å². The lowest BCUT2D eigenvalue weighted by Gasteiger charge is -2.29. The van der Waals surface area contributed by atoms with E-state index in [9.17, 15) is 4.79 Å². The monoisotopic (exact) mass is 272 g/mol. The van der Waals surface area contributed by atoms with Crippen LogP contribution in [0.4, 0.5) is 0 Å². The van der Waals surface area contributed by atoms with Crippen LogP contribution in [0.1, 0.15) is 13.8 Å². The van der Waals surface area contributed by atoms with Crippen LogP contribution in [-0.2, 0) is 23.7 Å². The van der Waals surface area contributed by atoms with Crippen LogP contribution in [0.3, 0.4) is 0 Å².